The van der Waals surface area contributed by atoms with Crippen molar-refractivity contribution < 1.29 is 4.79 Å². The molecule has 2 aromatic heterocycles. The first-order chi connectivity index (χ1) is 15.1. The number of benzene rings is 1. The van der Waals surface area contributed by atoms with Crippen LogP contribution in [-0.2, 0) is 4.79 Å². The van der Waals surface area contributed by atoms with Crippen molar-refractivity contribution in [3.8, 4) is 0 Å². The van der Waals surface area contributed by atoms with E-state index in [2.05, 4.69) is 51.7 Å². The van der Waals surface area contributed by atoms with E-state index in [4.69, 9.17) is 4.98 Å². The molecule has 2 fully saturated rings. The summed E-state index contributed by atoms with van der Waals surface area (Å²) in [6, 6.07) is 10.4. The summed E-state index contributed by atoms with van der Waals surface area (Å²) in [5.41, 5.74) is 4.94. The van der Waals surface area contributed by atoms with E-state index in [1.165, 1.54) is 16.8 Å². The zero-order chi connectivity index (χ0) is 21.4. The van der Waals surface area contributed by atoms with Crippen molar-refractivity contribution in [2.75, 3.05) is 49.1 Å². The molecule has 1 aromatic carbocycles. The predicted molar refractivity (Wildman–Crippen MR) is 127 cm³/mol. The molecule has 1 amide bonds. The second-order valence-corrected chi connectivity index (χ2v) is 9.57. The lowest BCUT2D eigenvalue weighted by Gasteiger charge is -2.39. The van der Waals surface area contributed by atoms with Crippen LogP contribution in [0.1, 0.15) is 24.0 Å². The number of pyridine rings is 1. The topological polar surface area (TPSA) is 52.6 Å². The lowest BCUT2D eigenvalue weighted by molar-refractivity contribution is -0.136. The van der Waals surface area contributed by atoms with E-state index in [0.717, 1.165) is 67.6 Å². The Balaban J connectivity index is 1.16. The molecule has 0 atom stereocenters. The van der Waals surface area contributed by atoms with E-state index < -0.39 is 0 Å². The van der Waals surface area contributed by atoms with Crippen LogP contribution in [0.5, 0.6) is 0 Å². The Labute approximate surface area is 187 Å². The monoisotopic (exact) mass is 435 g/mol. The van der Waals surface area contributed by atoms with Gasteiger partial charge in [-0.1, -0.05) is 23.5 Å². The number of carbonyl (C=O) groups excluding carboxylic acids is 1. The van der Waals surface area contributed by atoms with E-state index in [9.17, 15) is 4.79 Å². The molecule has 2 aliphatic heterocycles. The summed E-state index contributed by atoms with van der Waals surface area (Å²) in [5, 5.41) is 1.03. The first-order valence-electron chi connectivity index (χ1n) is 11.2. The van der Waals surface area contributed by atoms with Crippen molar-refractivity contribution in [1.82, 2.24) is 14.9 Å². The lowest BCUT2D eigenvalue weighted by atomic mass is 9.95. The number of rotatable bonds is 3. The molecule has 0 N–H and O–H groups in total. The molecule has 162 valence electrons. The minimum atomic E-state index is 0.135. The number of hydrogen-bond acceptors (Lipinski definition) is 6. The maximum atomic E-state index is 13.2. The van der Waals surface area contributed by atoms with E-state index in [-0.39, 0.29) is 5.92 Å². The van der Waals surface area contributed by atoms with Crippen LogP contribution >= 0.6 is 11.3 Å². The zero-order valence-electron chi connectivity index (χ0n) is 18.3. The third-order valence-electron chi connectivity index (χ3n) is 6.78. The predicted octanol–water partition coefficient (Wildman–Crippen LogP) is 3.87. The average molecular weight is 436 g/mol. The van der Waals surface area contributed by atoms with Gasteiger partial charge in [0.05, 0.1) is 0 Å². The number of thiazole rings is 1. The molecule has 5 rings (SSSR count). The van der Waals surface area contributed by atoms with Crippen molar-refractivity contribution in [3.63, 3.8) is 0 Å². The summed E-state index contributed by atoms with van der Waals surface area (Å²) >= 11 is 1.64. The van der Waals surface area contributed by atoms with E-state index >= 15 is 0 Å². The standard InChI is InChI=1S/C24H29N5OS/c1-17-5-3-7-21(18(17)2)27-13-15-28(16-14-27)23(30)19-8-11-29(12-9-19)24-26-20-6-4-10-25-22(20)31-24/h3-7,10,19H,8-9,11-16H2,1-2H3. The molecule has 0 aliphatic carbocycles. The molecule has 0 bridgehead atoms. The largest absolute Gasteiger partial charge is 0.368 e. The maximum Gasteiger partial charge on any atom is 0.225 e. The van der Waals surface area contributed by atoms with Gasteiger partial charge in [-0.15, -0.1) is 0 Å². The first-order valence-corrected chi connectivity index (χ1v) is 12.0. The summed E-state index contributed by atoms with van der Waals surface area (Å²) in [5.74, 6) is 0.474. The fraction of sp³-hybridized carbons (Fsp3) is 0.458. The van der Waals surface area contributed by atoms with E-state index in [0.29, 0.717) is 5.91 Å². The van der Waals surface area contributed by atoms with Crippen molar-refractivity contribution >= 4 is 38.4 Å². The van der Waals surface area contributed by atoms with Crippen molar-refractivity contribution in [2.24, 2.45) is 5.92 Å². The lowest BCUT2D eigenvalue weighted by Crippen LogP contribution is -2.51. The molecule has 2 saturated heterocycles. The van der Waals surface area contributed by atoms with Gasteiger partial charge < -0.3 is 14.7 Å². The number of piperazine rings is 1. The van der Waals surface area contributed by atoms with Crippen molar-refractivity contribution in [1.29, 1.82) is 0 Å². The average Bonchev–Trinajstić information content (AvgIpc) is 3.25. The van der Waals surface area contributed by atoms with Gasteiger partial charge in [-0.2, -0.15) is 0 Å². The fourth-order valence-corrected chi connectivity index (χ4v) is 5.68. The molecule has 0 spiro atoms. The molecule has 7 heteroatoms. The Morgan fingerprint density at radius 1 is 0.968 bits per heavy atom. The van der Waals surface area contributed by atoms with Crippen LogP contribution < -0.4 is 9.80 Å². The second-order valence-electron chi connectivity index (χ2n) is 8.62. The minimum absolute atomic E-state index is 0.135. The highest BCUT2D eigenvalue weighted by Gasteiger charge is 2.31. The number of piperidine rings is 1. The van der Waals surface area contributed by atoms with Gasteiger partial charge in [-0.3, -0.25) is 4.79 Å². The molecular weight excluding hydrogens is 406 g/mol. The Kier molecular flexibility index (Phi) is 5.52. The SMILES string of the molecule is Cc1cccc(N2CCN(C(=O)C3CCN(c4nc5cccnc5s4)CC3)CC2)c1C. The number of hydrogen-bond donors (Lipinski definition) is 0. The Morgan fingerprint density at radius 3 is 2.48 bits per heavy atom. The van der Waals surface area contributed by atoms with Crippen LogP contribution in [-0.4, -0.2) is 60.0 Å². The molecule has 0 radical (unpaired) electrons. The van der Waals surface area contributed by atoms with Crippen LogP contribution in [0.2, 0.25) is 0 Å². The van der Waals surface area contributed by atoms with Gasteiger partial charge in [-0.05, 0) is 56.0 Å². The summed E-state index contributed by atoms with van der Waals surface area (Å²) in [4.78, 5) is 30.1. The number of amides is 1. The number of aryl methyl sites for hydroxylation is 1. The molecule has 0 saturated carbocycles. The van der Waals surface area contributed by atoms with Gasteiger partial charge in [0.25, 0.3) is 0 Å². The van der Waals surface area contributed by atoms with Gasteiger partial charge in [0.1, 0.15) is 10.3 Å². The highest BCUT2D eigenvalue weighted by molar-refractivity contribution is 7.21. The zero-order valence-corrected chi connectivity index (χ0v) is 19.1. The summed E-state index contributed by atoms with van der Waals surface area (Å²) in [7, 11) is 0. The molecule has 0 unspecified atom stereocenters. The smallest absolute Gasteiger partial charge is 0.225 e. The van der Waals surface area contributed by atoms with Gasteiger partial charge in [0.15, 0.2) is 5.13 Å². The highest BCUT2D eigenvalue weighted by Crippen LogP contribution is 2.31. The Hall–Kier alpha value is -2.67. The number of aromatic nitrogens is 2. The molecule has 2 aliphatic rings. The first kappa shape index (κ1) is 20.2. The minimum Gasteiger partial charge on any atom is -0.368 e. The molecule has 31 heavy (non-hydrogen) atoms. The van der Waals surface area contributed by atoms with Gasteiger partial charge in [0, 0.05) is 57.1 Å². The van der Waals surface area contributed by atoms with Crippen LogP contribution in [0.4, 0.5) is 10.8 Å². The molecule has 3 aromatic rings. The van der Waals surface area contributed by atoms with Crippen molar-refractivity contribution in [3.05, 3.63) is 47.7 Å². The fourth-order valence-electron chi connectivity index (χ4n) is 4.72. The van der Waals surface area contributed by atoms with E-state index in [1.807, 2.05) is 18.3 Å². The third-order valence-corrected chi connectivity index (χ3v) is 7.82. The van der Waals surface area contributed by atoms with Crippen LogP contribution in [0.25, 0.3) is 10.3 Å². The van der Waals surface area contributed by atoms with Crippen LogP contribution in [0.15, 0.2) is 36.5 Å². The number of carbonyl (C=O) groups is 1. The highest BCUT2D eigenvalue weighted by atomic mass is 32.1. The maximum absolute atomic E-state index is 13.2. The normalized spacial score (nSPS) is 18.1. The van der Waals surface area contributed by atoms with Crippen LogP contribution in [0, 0.1) is 19.8 Å². The summed E-state index contributed by atoms with van der Waals surface area (Å²) in [6.45, 7) is 9.58. The third kappa shape index (κ3) is 3.99. The second kappa shape index (κ2) is 8.46. The number of nitrogens with zero attached hydrogens (tertiary/aromatic N) is 5. The van der Waals surface area contributed by atoms with Gasteiger partial charge >= 0.3 is 0 Å². The van der Waals surface area contributed by atoms with Crippen molar-refractivity contribution in [2.45, 2.75) is 26.7 Å². The summed E-state index contributed by atoms with van der Waals surface area (Å²) in [6.07, 6.45) is 3.62. The summed E-state index contributed by atoms with van der Waals surface area (Å²) < 4.78 is 0. The van der Waals surface area contributed by atoms with Gasteiger partial charge in [-0.25, -0.2) is 9.97 Å². The Bertz CT molecular complexity index is 1050. The molecule has 6 nitrogen and oxygen atoms in total. The van der Waals surface area contributed by atoms with Gasteiger partial charge in [0.2, 0.25) is 5.91 Å². The van der Waals surface area contributed by atoms with Crippen LogP contribution in [0.3, 0.4) is 0 Å². The number of anilines is 2. The molecule has 4 heterocycles. The number of fused-ring (bicyclic) bond motifs is 1. The Morgan fingerprint density at radius 2 is 1.74 bits per heavy atom. The molecular formula is C24H29N5OS. The van der Waals surface area contributed by atoms with E-state index in [1.54, 1.807) is 11.3 Å². The quantitative estimate of drug-likeness (QED) is 0.625.